The molecule has 1 aromatic heterocycles. The number of carbonyl (C=O) groups excluding carboxylic acids is 2. The Kier molecular flexibility index (Phi) is 4.87. The van der Waals surface area contributed by atoms with Crippen LogP contribution in [0.2, 0.25) is 0 Å². The molecule has 0 bridgehead atoms. The quantitative estimate of drug-likeness (QED) is 0.698. The second-order valence-electron chi connectivity index (χ2n) is 7.72. The van der Waals surface area contributed by atoms with Crippen LogP contribution < -0.4 is 10.6 Å². The molecule has 29 heavy (non-hydrogen) atoms. The second kappa shape index (κ2) is 7.00. The van der Waals surface area contributed by atoms with Gasteiger partial charge in [0, 0.05) is 10.4 Å². The summed E-state index contributed by atoms with van der Waals surface area (Å²) in [7, 11) is 0. The summed E-state index contributed by atoms with van der Waals surface area (Å²) >= 11 is 3.27. The summed E-state index contributed by atoms with van der Waals surface area (Å²) in [4.78, 5) is 29.6. The fourth-order valence-corrected chi connectivity index (χ4v) is 4.81. The molecule has 4 rings (SSSR count). The first kappa shape index (κ1) is 20.2. The minimum atomic E-state index is -5.07. The number of imidazole rings is 1. The van der Waals surface area contributed by atoms with Crippen molar-refractivity contribution in [2.75, 3.05) is 5.32 Å². The third-order valence-corrected chi connectivity index (χ3v) is 6.65. The molecule has 6 nitrogen and oxygen atoms in total. The van der Waals surface area contributed by atoms with E-state index >= 15 is 0 Å². The molecule has 10 heteroatoms. The molecule has 156 valence electrons. The molecule has 1 saturated carbocycles. The van der Waals surface area contributed by atoms with Gasteiger partial charge in [-0.15, -0.1) is 0 Å². The fraction of sp³-hybridized carbons (Fsp3) is 0.526. The van der Waals surface area contributed by atoms with E-state index in [9.17, 15) is 22.8 Å². The number of nitrogens with one attached hydrogen (secondary N) is 2. The molecule has 2 unspecified atom stereocenters. The molecule has 1 aromatic carbocycles. The van der Waals surface area contributed by atoms with Crippen molar-refractivity contribution in [2.45, 2.75) is 50.9 Å². The third-order valence-electron chi connectivity index (χ3n) is 6.01. The van der Waals surface area contributed by atoms with E-state index in [4.69, 9.17) is 0 Å². The fourth-order valence-electron chi connectivity index (χ4n) is 4.36. The van der Waals surface area contributed by atoms with Crippen LogP contribution in [0.15, 0.2) is 22.7 Å². The van der Waals surface area contributed by atoms with E-state index in [0.29, 0.717) is 4.47 Å². The summed E-state index contributed by atoms with van der Waals surface area (Å²) in [5, 5.41) is 4.26. The number of carbonyl (C=O) groups is 2. The number of hydrogen-bond acceptors (Lipinski definition) is 3. The number of aromatic nitrogens is 2. The van der Waals surface area contributed by atoms with Crippen LogP contribution in [0.1, 0.15) is 39.0 Å². The number of para-hydroxylation sites is 1. The Morgan fingerprint density at radius 1 is 1.34 bits per heavy atom. The van der Waals surface area contributed by atoms with Gasteiger partial charge in [-0.25, -0.2) is 4.98 Å². The highest BCUT2D eigenvalue weighted by Crippen LogP contribution is 2.45. The Morgan fingerprint density at radius 3 is 2.69 bits per heavy atom. The van der Waals surface area contributed by atoms with Crippen LogP contribution >= 0.6 is 15.9 Å². The van der Waals surface area contributed by atoms with E-state index in [0.717, 1.165) is 36.7 Å². The van der Waals surface area contributed by atoms with Crippen LogP contribution in [0.5, 0.6) is 0 Å². The highest BCUT2D eigenvalue weighted by atomic mass is 79.9. The zero-order valence-corrected chi connectivity index (χ0v) is 17.2. The van der Waals surface area contributed by atoms with Gasteiger partial charge in [-0.3, -0.25) is 19.5 Å². The van der Waals surface area contributed by atoms with E-state index in [1.807, 2.05) is 0 Å². The zero-order chi connectivity index (χ0) is 21.0. The summed E-state index contributed by atoms with van der Waals surface area (Å²) < 4.78 is 44.4. The lowest BCUT2D eigenvalue weighted by atomic mass is 9.80. The van der Waals surface area contributed by atoms with Gasteiger partial charge < -0.3 is 5.32 Å². The van der Waals surface area contributed by atoms with Crippen LogP contribution in [-0.4, -0.2) is 27.5 Å². The Balaban J connectivity index is 1.79. The van der Waals surface area contributed by atoms with Crippen LogP contribution in [0.25, 0.3) is 11.0 Å². The molecule has 0 radical (unpaired) electrons. The normalized spacial score (nSPS) is 23.7. The number of halogens is 4. The first-order valence-electron chi connectivity index (χ1n) is 9.54. The van der Waals surface area contributed by atoms with E-state index in [1.165, 1.54) is 6.07 Å². The van der Waals surface area contributed by atoms with Gasteiger partial charge in [0.2, 0.25) is 11.9 Å². The number of nitrogens with zero attached hydrogens (tertiary/aromatic N) is 2. The molecule has 2 aromatic rings. The number of hydrogen-bond donors (Lipinski definition) is 2. The maximum atomic E-state index is 14.4. The number of fused-ring (bicyclic) bond motifs is 3. The van der Waals surface area contributed by atoms with Gasteiger partial charge in [0.25, 0.3) is 11.6 Å². The molecule has 2 atom stereocenters. The van der Waals surface area contributed by atoms with Crippen LogP contribution in [-0.2, 0) is 15.3 Å². The van der Waals surface area contributed by atoms with Crippen molar-refractivity contribution in [3.63, 3.8) is 0 Å². The Bertz CT molecular complexity index is 984. The van der Waals surface area contributed by atoms with Gasteiger partial charge in [-0.1, -0.05) is 32.3 Å². The standard InChI is InChI=1S/C19H20BrF3N4O2/c1-10(11-6-3-2-4-7-11)15(28)26-18(19(21,22)23)16(29)25-17-24-14-12(20)8-5-9-13(14)27(17)18/h5,8-11H,2-4,6-7H2,1H3,(H,26,28)(H,24,25,29). The zero-order valence-electron chi connectivity index (χ0n) is 15.6. The Labute approximate surface area is 173 Å². The summed E-state index contributed by atoms with van der Waals surface area (Å²) in [6, 6.07) is 4.64. The summed E-state index contributed by atoms with van der Waals surface area (Å²) in [5.41, 5.74) is -2.88. The minimum absolute atomic E-state index is 0.00615. The Morgan fingerprint density at radius 2 is 2.03 bits per heavy atom. The molecule has 1 fully saturated rings. The average Bonchev–Trinajstić information content (AvgIpc) is 3.17. The van der Waals surface area contributed by atoms with Crippen molar-refractivity contribution >= 4 is 44.7 Å². The lowest BCUT2D eigenvalue weighted by molar-refractivity contribution is -0.218. The van der Waals surface area contributed by atoms with E-state index in [1.54, 1.807) is 19.1 Å². The summed E-state index contributed by atoms with van der Waals surface area (Å²) in [5.74, 6) is -3.02. The average molecular weight is 473 g/mol. The highest BCUT2D eigenvalue weighted by Gasteiger charge is 2.68. The van der Waals surface area contributed by atoms with E-state index < -0.39 is 29.6 Å². The molecule has 1 aliphatic carbocycles. The SMILES string of the molecule is CC(C(=O)NC1(C(F)(F)F)C(=O)Nc2nc3c(Br)cccc3n21)C1CCCCC1. The predicted molar refractivity (Wildman–Crippen MR) is 104 cm³/mol. The maximum absolute atomic E-state index is 14.4. The number of anilines is 1. The molecule has 2 aliphatic rings. The first-order chi connectivity index (χ1) is 13.7. The predicted octanol–water partition coefficient (Wildman–Crippen LogP) is 4.30. The lowest BCUT2D eigenvalue weighted by Crippen LogP contribution is -2.64. The molecule has 0 saturated heterocycles. The molecule has 1 aliphatic heterocycles. The van der Waals surface area contributed by atoms with Gasteiger partial charge in [0.1, 0.15) is 5.52 Å². The highest BCUT2D eigenvalue weighted by molar-refractivity contribution is 9.10. The van der Waals surface area contributed by atoms with Crippen molar-refractivity contribution in [3.05, 3.63) is 22.7 Å². The monoisotopic (exact) mass is 472 g/mol. The number of amides is 2. The molecular weight excluding hydrogens is 453 g/mol. The first-order valence-corrected chi connectivity index (χ1v) is 10.3. The van der Waals surface area contributed by atoms with Gasteiger partial charge in [0.15, 0.2) is 0 Å². The second-order valence-corrected chi connectivity index (χ2v) is 8.57. The van der Waals surface area contributed by atoms with E-state index in [-0.39, 0.29) is 22.9 Å². The molecule has 0 spiro atoms. The largest absolute Gasteiger partial charge is 0.440 e. The van der Waals surface area contributed by atoms with Crippen molar-refractivity contribution in [1.82, 2.24) is 14.9 Å². The number of benzene rings is 1. The molecule has 2 amide bonds. The summed E-state index contributed by atoms with van der Waals surface area (Å²) in [6.07, 6.45) is -0.494. The van der Waals surface area contributed by atoms with Gasteiger partial charge in [-0.05, 0) is 46.8 Å². The third kappa shape index (κ3) is 3.03. The smallest absolute Gasteiger partial charge is 0.317 e. The molecule has 2 N–H and O–H groups in total. The van der Waals surface area contributed by atoms with Crippen LogP contribution in [0.4, 0.5) is 19.1 Å². The van der Waals surface area contributed by atoms with Gasteiger partial charge in [0.05, 0.1) is 5.52 Å². The Hall–Kier alpha value is -2.10. The topological polar surface area (TPSA) is 76.0 Å². The van der Waals surface area contributed by atoms with E-state index in [2.05, 4.69) is 31.5 Å². The van der Waals surface area contributed by atoms with Crippen molar-refractivity contribution in [3.8, 4) is 0 Å². The van der Waals surface area contributed by atoms with Crippen LogP contribution in [0.3, 0.4) is 0 Å². The van der Waals surface area contributed by atoms with Gasteiger partial charge in [-0.2, -0.15) is 13.2 Å². The van der Waals surface area contributed by atoms with Crippen molar-refractivity contribution in [1.29, 1.82) is 0 Å². The number of rotatable bonds is 3. The molecular formula is C19H20BrF3N4O2. The maximum Gasteiger partial charge on any atom is 0.440 e. The van der Waals surface area contributed by atoms with Crippen molar-refractivity contribution in [2.24, 2.45) is 11.8 Å². The van der Waals surface area contributed by atoms with Crippen molar-refractivity contribution < 1.29 is 22.8 Å². The summed E-state index contributed by atoms with van der Waals surface area (Å²) in [6.45, 7) is 1.63. The minimum Gasteiger partial charge on any atom is -0.317 e. The van der Waals surface area contributed by atoms with Gasteiger partial charge >= 0.3 is 6.18 Å². The van der Waals surface area contributed by atoms with Crippen LogP contribution in [0, 0.1) is 11.8 Å². The lowest BCUT2D eigenvalue weighted by Gasteiger charge is -2.34. The number of alkyl halides is 3. The molecule has 2 heterocycles.